The lowest BCUT2D eigenvalue weighted by Crippen LogP contribution is -2.59. The van der Waals surface area contributed by atoms with Gasteiger partial charge in [-0.1, -0.05) is 76.3 Å². The Morgan fingerprint density at radius 2 is 1.67 bits per heavy atom. The second-order valence-electron chi connectivity index (χ2n) is 9.41. The summed E-state index contributed by atoms with van der Waals surface area (Å²) >= 11 is 0. The molecule has 1 N–H and O–H groups in total. The monoisotopic (exact) mass is 363 g/mol. The Bertz CT molecular complexity index is 608. The number of hydrogen-bond acceptors (Lipinski definition) is 2. The Morgan fingerprint density at radius 3 is 2.17 bits per heavy atom. The molecule has 0 bridgehead atoms. The summed E-state index contributed by atoms with van der Waals surface area (Å²) in [6, 6.07) is 10.7. The molecule has 2 rings (SSSR count). The normalized spacial score (nSPS) is 25.7. The van der Waals surface area contributed by atoms with Crippen molar-refractivity contribution < 1.29 is 9.22 Å². The van der Waals surface area contributed by atoms with Crippen LogP contribution < -0.4 is 10.5 Å². The molecule has 134 valence electrons. The van der Waals surface area contributed by atoms with Gasteiger partial charge in [-0.25, -0.2) is 0 Å². The Hall–Kier alpha value is -0.916. The molecule has 1 aromatic carbocycles. The third kappa shape index (κ3) is 3.26. The van der Waals surface area contributed by atoms with E-state index in [0.717, 1.165) is 0 Å². The maximum absolute atomic E-state index is 12.3. The number of carbonyl (C=O) groups is 1. The molecule has 1 heterocycles. The van der Waals surface area contributed by atoms with Gasteiger partial charge in [0.05, 0.1) is 8.07 Å². The topological polar surface area (TPSA) is 38.3 Å². The molecular weight excluding hydrogens is 330 g/mol. The van der Waals surface area contributed by atoms with Gasteiger partial charge in [0, 0.05) is 11.5 Å². The van der Waals surface area contributed by atoms with E-state index in [4.69, 9.17) is 4.43 Å². The highest BCUT2D eigenvalue weighted by molar-refractivity contribution is 6.92. The minimum absolute atomic E-state index is 0.123. The van der Waals surface area contributed by atoms with Crippen LogP contribution in [0.3, 0.4) is 0 Å². The lowest BCUT2D eigenvalue weighted by atomic mass is 10.1. The first kappa shape index (κ1) is 19.4. The fraction of sp³-hybridized carbons (Fsp3) is 0.632. The standard InChI is InChI=1S/C19H33NO2Si2/c1-18(2,3)24(7,8)22-17-19(4,14-16(21)20-17)23(5,6)15-12-10-9-11-13-15/h9-13,17H,14H2,1-8H3,(H,20,21)/t17-,19+/m1/s1. The molecule has 1 fully saturated rings. The van der Waals surface area contributed by atoms with Gasteiger partial charge < -0.3 is 9.74 Å². The van der Waals surface area contributed by atoms with E-state index in [1.807, 2.05) is 0 Å². The average Bonchev–Trinajstić information content (AvgIpc) is 2.74. The SMILES string of the molecule is CC(C)(C)[Si](C)(C)O[C@H]1NC(=O)C[C@]1(C)[Si](C)(C)c1ccccc1. The van der Waals surface area contributed by atoms with Gasteiger partial charge >= 0.3 is 0 Å². The molecule has 0 aliphatic carbocycles. The number of benzene rings is 1. The van der Waals surface area contributed by atoms with Crippen LogP contribution in [0.15, 0.2) is 30.3 Å². The third-order valence-electron chi connectivity index (χ3n) is 6.54. The van der Waals surface area contributed by atoms with Crippen LogP contribution in [0.2, 0.25) is 36.3 Å². The number of rotatable bonds is 4. The summed E-state index contributed by atoms with van der Waals surface area (Å²) in [7, 11) is -3.88. The summed E-state index contributed by atoms with van der Waals surface area (Å²) in [4.78, 5) is 12.3. The molecule has 1 aliphatic rings. The van der Waals surface area contributed by atoms with Crippen molar-refractivity contribution in [3.05, 3.63) is 30.3 Å². The predicted molar refractivity (Wildman–Crippen MR) is 107 cm³/mol. The largest absolute Gasteiger partial charge is 0.397 e. The van der Waals surface area contributed by atoms with Crippen LogP contribution in [0.5, 0.6) is 0 Å². The van der Waals surface area contributed by atoms with Crippen molar-refractivity contribution >= 4 is 27.5 Å². The highest BCUT2D eigenvalue weighted by Crippen LogP contribution is 2.50. The van der Waals surface area contributed by atoms with Gasteiger partial charge in [-0.15, -0.1) is 0 Å². The van der Waals surface area contributed by atoms with E-state index >= 15 is 0 Å². The summed E-state index contributed by atoms with van der Waals surface area (Å²) in [6.07, 6.45) is 0.369. The fourth-order valence-electron chi connectivity index (χ4n) is 3.15. The summed E-state index contributed by atoms with van der Waals surface area (Å²) in [5.74, 6) is 0.123. The van der Waals surface area contributed by atoms with E-state index in [0.29, 0.717) is 6.42 Å². The van der Waals surface area contributed by atoms with E-state index in [1.165, 1.54) is 5.19 Å². The molecule has 0 saturated carbocycles. The zero-order valence-electron chi connectivity index (χ0n) is 16.5. The first-order valence-electron chi connectivity index (χ1n) is 8.84. The lowest BCUT2D eigenvalue weighted by molar-refractivity contribution is -0.120. The van der Waals surface area contributed by atoms with E-state index in [1.54, 1.807) is 0 Å². The van der Waals surface area contributed by atoms with E-state index in [9.17, 15) is 4.79 Å². The fourth-order valence-corrected chi connectivity index (χ4v) is 7.60. The molecule has 1 saturated heterocycles. The van der Waals surface area contributed by atoms with Crippen molar-refractivity contribution in [2.75, 3.05) is 0 Å². The molecule has 2 atom stereocenters. The van der Waals surface area contributed by atoms with Crippen LogP contribution in [-0.4, -0.2) is 28.5 Å². The van der Waals surface area contributed by atoms with Gasteiger partial charge in [-0.3, -0.25) is 4.79 Å². The summed E-state index contributed by atoms with van der Waals surface area (Å²) < 4.78 is 6.70. The maximum Gasteiger partial charge on any atom is 0.222 e. The van der Waals surface area contributed by atoms with Crippen LogP contribution in [-0.2, 0) is 9.22 Å². The molecule has 1 aromatic rings. The quantitative estimate of drug-likeness (QED) is 0.813. The van der Waals surface area contributed by atoms with Crippen LogP contribution in [0.1, 0.15) is 34.1 Å². The minimum atomic E-state index is -1.96. The summed E-state index contributed by atoms with van der Waals surface area (Å²) in [6.45, 7) is 18.2. The third-order valence-corrected chi connectivity index (χ3v) is 16.0. The molecule has 1 aliphatic heterocycles. The first-order chi connectivity index (χ1) is 10.8. The van der Waals surface area contributed by atoms with Crippen LogP contribution in [0.25, 0.3) is 0 Å². The molecule has 1 amide bonds. The van der Waals surface area contributed by atoms with Crippen LogP contribution in [0, 0.1) is 0 Å². The second-order valence-corrected chi connectivity index (χ2v) is 19.1. The van der Waals surface area contributed by atoms with Gasteiger partial charge in [0.1, 0.15) is 6.23 Å². The average molecular weight is 364 g/mol. The summed E-state index contributed by atoms with van der Waals surface area (Å²) in [5, 5.41) is 4.51. The number of hydrogen-bond donors (Lipinski definition) is 1. The lowest BCUT2D eigenvalue weighted by Gasteiger charge is -2.47. The molecule has 0 spiro atoms. The number of carbonyl (C=O) groups excluding carboxylic acids is 1. The van der Waals surface area contributed by atoms with Gasteiger partial charge in [0.25, 0.3) is 0 Å². The van der Waals surface area contributed by atoms with Crippen molar-refractivity contribution in [1.82, 2.24) is 5.32 Å². The molecule has 0 aromatic heterocycles. The summed E-state index contributed by atoms with van der Waals surface area (Å²) in [5.41, 5.74) is 0. The molecular formula is C19H33NO2Si2. The van der Waals surface area contributed by atoms with E-state index in [-0.39, 0.29) is 22.2 Å². The Balaban J connectivity index is 2.40. The van der Waals surface area contributed by atoms with Gasteiger partial charge in [0.2, 0.25) is 5.91 Å². The predicted octanol–water partition coefficient (Wildman–Crippen LogP) is 4.23. The zero-order valence-corrected chi connectivity index (χ0v) is 18.5. The molecule has 0 unspecified atom stereocenters. The van der Waals surface area contributed by atoms with Crippen LogP contribution in [0.4, 0.5) is 0 Å². The van der Waals surface area contributed by atoms with Crippen molar-refractivity contribution in [2.24, 2.45) is 0 Å². The first-order valence-corrected chi connectivity index (χ1v) is 14.7. The maximum atomic E-state index is 12.3. The van der Waals surface area contributed by atoms with Gasteiger partial charge in [-0.2, -0.15) is 0 Å². The molecule has 0 radical (unpaired) electrons. The van der Waals surface area contributed by atoms with E-state index in [2.05, 4.69) is 89.5 Å². The second kappa shape index (κ2) is 6.11. The molecule has 24 heavy (non-hydrogen) atoms. The van der Waals surface area contributed by atoms with Crippen molar-refractivity contribution in [3.8, 4) is 0 Å². The van der Waals surface area contributed by atoms with Crippen molar-refractivity contribution in [2.45, 2.75) is 76.6 Å². The van der Waals surface area contributed by atoms with Crippen molar-refractivity contribution in [3.63, 3.8) is 0 Å². The smallest absolute Gasteiger partial charge is 0.222 e. The van der Waals surface area contributed by atoms with Gasteiger partial charge in [0.15, 0.2) is 8.32 Å². The zero-order chi connectivity index (χ0) is 18.4. The molecule has 5 heteroatoms. The number of amides is 1. The van der Waals surface area contributed by atoms with Crippen LogP contribution >= 0.6 is 0 Å². The number of nitrogens with one attached hydrogen (secondary N) is 1. The Morgan fingerprint density at radius 1 is 1.12 bits per heavy atom. The van der Waals surface area contributed by atoms with Gasteiger partial charge in [-0.05, 0) is 18.1 Å². The Labute approximate surface area is 149 Å². The highest BCUT2D eigenvalue weighted by atomic mass is 28.4. The van der Waals surface area contributed by atoms with E-state index < -0.39 is 16.4 Å². The van der Waals surface area contributed by atoms with Crippen molar-refractivity contribution in [1.29, 1.82) is 0 Å². The highest BCUT2D eigenvalue weighted by Gasteiger charge is 2.57. The molecule has 3 nitrogen and oxygen atoms in total. The Kier molecular flexibility index (Phi) is 4.94. The minimum Gasteiger partial charge on any atom is -0.397 e.